The molecule has 0 aliphatic rings. The predicted octanol–water partition coefficient (Wildman–Crippen LogP) is -0.228. The van der Waals surface area contributed by atoms with Crippen LogP contribution in [0.4, 0.5) is 0 Å². The average molecular weight is 180 g/mol. The fraction of sp³-hybridized carbons (Fsp3) is 0.333. The fourth-order valence-electron chi connectivity index (χ4n) is 0. The summed E-state index contributed by atoms with van der Waals surface area (Å²) < 4.78 is 0. The molecule has 3 heteroatoms. The van der Waals surface area contributed by atoms with Crippen LogP contribution in [0.3, 0.4) is 0 Å². The van der Waals surface area contributed by atoms with Crippen molar-refractivity contribution in [1.29, 1.82) is 0 Å². The number of hydrogen-bond acceptors (Lipinski definition) is 2. The Hall–Kier alpha value is 0.0803. The SMILES string of the molecule is CC(=O)C=O.[Ag]. The van der Waals surface area contributed by atoms with Gasteiger partial charge in [-0.2, -0.15) is 0 Å². The maximum absolute atomic E-state index is 9.44. The Morgan fingerprint density at radius 3 is 1.83 bits per heavy atom. The van der Waals surface area contributed by atoms with Gasteiger partial charge in [0.05, 0.1) is 0 Å². The summed E-state index contributed by atoms with van der Waals surface area (Å²) in [4.78, 5) is 18.6. The van der Waals surface area contributed by atoms with E-state index in [1.807, 2.05) is 0 Å². The molecule has 0 bridgehead atoms. The van der Waals surface area contributed by atoms with Gasteiger partial charge in [0.25, 0.3) is 0 Å². The van der Waals surface area contributed by atoms with Crippen LogP contribution in [0.2, 0.25) is 0 Å². The molecule has 0 spiro atoms. The van der Waals surface area contributed by atoms with Gasteiger partial charge in [-0.15, -0.1) is 0 Å². The molecule has 0 heterocycles. The van der Waals surface area contributed by atoms with Crippen molar-refractivity contribution in [3.63, 3.8) is 0 Å². The number of carbonyl (C=O) groups is 2. The third-order valence-electron chi connectivity index (χ3n) is 0.166. The van der Waals surface area contributed by atoms with Crippen LogP contribution in [0.1, 0.15) is 6.92 Å². The van der Waals surface area contributed by atoms with Crippen LogP contribution >= 0.6 is 0 Å². The molecule has 0 saturated heterocycles. The van der Waals surface area contributed by atoms with Crippen molar-refractivity contribution in [3.05, 3.63) is 0 Å². The molecule has 6 heavy (non-hydrogen) atoms. The Kier molecular flexibility index (Phi) is 7.98. The summed E-state index contributed by atoms with van der Waals surface area (Å²) >= 11 is 0. The summed E-state index contributed by atoms with van der Waals surface area (Å²) in [6.07, 6.45) is 0.278. The van der Waals surface area contributed by atoms with Gasteiger partial charge in [0.1, 0.15) is 0 Å². The summed E-state index contributed by atoms with van der Waals surface area (Å²) in [5, 5.41) is 0. The van der Waals surface area contributed by atoms with Crippen LogP contribution in [0.25, 0.3) is 0 Å². The molecular formula is C3H4AgO2. The molecule has 39 valence electrons. The van der Waals surface area contributed by atoms with E-state index >= 15 is 0 Å². The third kappa shape index (κ3) is 8.95. The zero-order chi connectivity index (χ0) is 4.28. The van der Waals surface area contributed by atoms with Crippen LogP contribution in [-0.4, -0.2) is 12.1 Å². The average Bonchev–Trinajstić information content (AvgIpc) is 1.38. The Labute approximate surface area is 51.4 Å². The first kappa shape index (κ1) is 9.43. The van der Waals surface area contributed by atoms with Crippen molar-refractivity contribution in [3.8, 4) is 0 Å². The van der Waals surface area contributed by atoms with E-state index in [0.29, 0.717) is 0 Å². The summed E-state index contributed by atoms with van der Waals surface area (Å²) in [5.74, 6) is -0.426. The number of hydrogen-bond donors (Lipinski definition) is 0. The monoisotopic (exact) mass is 179 g/mol. The second-order valence-electron chi connectivity index (χ2n) is 0.729. The first-order valence-electron chi connectivity index (χ1n) is 1.23. The number of ketones is 1. The topological polar surface area (TPSA) is 34.1 Å². The summed E-state index contributed by atoms with van der Waals surface area (Å²) in [6.45, 7) is 1.22. The van der Waals surface area contributed by atoms with Gasteiger partial charge in [-0.1, -0.05) is 0 Å². The van der Waals surface area contributed by atoms with Crippen LogP contribution in [-0.2, 0) is 32.0 Å². The van der Waals surface area contributed by atoms with Gasteiger partial charge < -0.3 is 0 Å². The second kappa shape index (κ2) is 5.08. The van der Waals surface area contributed by atoms with Crippen LogP contribution in [0.15, 0.2) is 0 Å². The number of aldehydes is 1. The molecule has 0 aromatic carbocycles. The minimum absolute atomic E-state index is 0. The molecule has 0 aliphatic carbocycles. The number of carbonyl (C=O) groups excluding carboxylic acids is 2. The number of Topliss-reactive ketones (excluding diaryl/α,β-unsaturated/α-hetero) is 1. The molecule has 0 saturated carbocycles. The van der Waals surface area contributed by atoms with E-state index in [0.717, 1.165) is 0 Å². The van der Waals surface area contributed by atoms with Gasteiger partial charge >= 0.3 is 0 Å². The van der Waals surface area contributed by atoms with Gasteiger partial charge in [0.15, 0.2) is 12.1 Å². The maximum Gasteiger partial charge on any atom is 0.192 e. The molecule has 0 aromatic heterocycles. The van der Waals surface area contributed by atoms with E-state index in [1.165, 1.54) is 6.92 Å². The van der Waals surface area contributed by atoms with Crippen LogP contribution in [0, 0.1) is 0 Å². The minimum Gasteiger partial charge on any atom is -0.295 e. The van der Waals surface area contributed by atoms with Crippen LogP contribution < -0.4 is 0 Å². The molecule has 0 atom stereocenters. The van der Waals surface area contributed by atoms with E-state index in [4.69, 9.17) is 4.79 Å². The Balaban J connectivity index is 0. The summed E-state index contributed by atoms with van der Waals surface area (Å²) in [5.41, 5.74) is 0. The molecule has 0 aromatic rings. The maximum atomic E-state index is 9.44. The first-order valence-corrected chi connectivity index (χ1v) is 1.23. The largest absolute Gasteiger partial charge is 0.295 e. The third-order valence-corrected chi connectivity index (χ3v) is 0.166. The van der Waals surface area contributed by atoms with Crippen molar-refractivity contribution < 1.29 is 32.0 Å². The van der Waals surface area contributed by atoms with Crippen LogP contribution in [0.5, 0.6) is 0 Å². The normalized spacial score (nSPS) is 5.50. The molecule has 1 radical (unpaired) electrons. The zero-order valence-corrected chi connectivity index (χ0v) is 4.68. The van der Waals surface area contributed by atoms with Crippen molar-refractivity contribution in [1.82, 2.24) is 0 Å². The molecule has 0 N–H and O–H groups in total. The molecule has 0 unspecified atom stereocenters. The molecule has 0 aliphatic heterocycles. The van der Waals surface area contributed by atoms with Crippen molar-refractivity contribution >= 4 is 12.1 Å². The molecule has 0 fully saturated rings. The zero-order valence-electron chi connectivity index (χ0n) is 3.20. The standard InChI is InChI=1S/C3H4O2.Ag/c1-3(5)2-4;/h2H,1H3;. The first-order chi connectivity index (χ1) is 2.27. The van der Waals surface area contributed by atoms with E-state index in [2.05, 4.69) is 0 Å². The van der Waals surface area contributed by atoms with Gasteiger partial charge in [-0.3, -0.25) is 9.59 Å². The quantitative estimate of drug-likeness (QED) is 0.317. The Bertz CT molecular complexity index is 59.8. The fourth-order valence-corrected chi connectivity index (χ4v) is 0. The summed E-state index contributed by atoms with van der Waals surface area (Å²) in [6, 6.07) is 0. The van der Waals surface area contributed by atoms with Crippen molar-refractivity contribution in [2.24, 2.45) is 0 Å². The number of rotatable bonds is 1. The predicted molar refractivity (Wildman–Crippen MR) is 16.7 cm³/mol. The Morgan fingerprint density at radius 2 is 1.83 bits per heavy atom. The molecule has 0 amide bonds. The van der Waals surface area contributed by atoms with Gasteiger partial charge in [-0.25, -0.2) is 0 Å². The van der Waals surface area contributed by atoms with Gasteiger partial charge in [0.2, 0.25) is 0 Å². The van der Waals surface area contributed by atoms with Gasteiger partial charge in [0, 0.05) is 29.3 Å². The molecule has 2 nitrogen and oxygen atoms in total. The van der Waals surface area contributed by atoms with Crippen molar-refractivity contribution in [2.75, 3.05) is 0 Å². The van der Waals surface area contributed by atoms with E-state index in [-0.39, 0.29) is 28.7 Å². The smallest absolute Gasteiger partial charge is 0.192 e. The van der Waals surface area contributed by atoms with Gasteiger partial charge in [-0.05, 0) is 0 Å². The Morgan fingerprint density at radius 1 is 1.67 bits per heavy atom. The minimum atomic E-state index is -0.426. The second-order valence-corrected chi connectivity index (χ2v) is 0.729. The molecular weight excluding hydrogens is 176 g/mol. The van der Waals surface area contributed by atoms with E-state index < -0.39 is 5.78 Å². The van der Waals surface area contributed by atoms with E-state index in [9.17, 15) is 4.79 Å². The van der Waals surface area contributed by atoms with E-state index in [1.54, 1.807) is 0 Å². The molecule has 0 rings (SSSR count). The van der Waals surface area contributed by atoms with Crippen molar-refractivity contribution in [2.45, 2.75) is 6.92 Å². The summed E-state index contributed by atoms with van der Waals surface area (Å²) in [7, 11) is 0.